The Morgan fingerprint density at radius 1 is 1.21 bits per heavy atom. The maximum absolute atomic E-state index is 4.16. The number of rotatable bonds is 4. The second kappa shape index (κ2) is 5.98. The lowest BCUT2D eigenvalue weighted by Crippen LogP contribution is -2.36. The Kier molecular flexibility index (Phi) is 4.33. The molecule has 0 spiro atoms. The number of pyridine rings is 1. The first kappa shape index (κ1) is 13.8. The number of nitrogens with one attached hydrogen (secondary N) is 1. The molecule has 0 aliphatic rings. The van der Waals surface area contributed by atoms with E-state index in [1.54, 1.807) is 0 Å². The number of fused-ring (bicyclic) bond motifs is 1. The van der Waals surface area contributed by atoms with Gasteiger partial charge >= 0.3 is 0 Å². The molecule has 19 heavy (non-hydrogen) atoms. The summed E-state index contributed by atoms with van der Waals surface area (Å²) in [5, 5.41) is 5.94. The second-order valence-corrected chi connectivity index (χ2v) is 5.81. The standard InChI is InChI=1S/C17H22N2/c1-17(2,3)19-11-5-4-7-14-8-6-9-15-13-18-12-10-16(14)15/h4,6-10,12-13,19H,5,11H2,1-3H3. The molecule has 1 aromatic carbocycles. The Bertz CT molecular complexity index is 559. The van der Waals surface area contributed by atoms with Gasteiger partial charge in [0.25, 0.3) is 0 Å². The summed E-state index contributed by atoms with van der Waals surface area (Å²) in [4.78, 5) is 4.16. The fraction of sp³-hybridized carbons (Fsp3) is 0.353. The van der Waals surface area contributed by atoms with Crippen LogP contribution in [0.15, 0.2) is 42.7 Å². The van der Waals surface area contributed by atoms with Crippen LogP contribution < -0.4 is 5.32 Å². The van der Waals surface area contributed by atoms with E-state index >= 15 is 0 Å². The van der Waals surface area contributed by atoms with Crippen LogP contribution in [0.3, 0.4) is 0 Å². The van der Waals surface area contributed by atoms with Crippen molar-refractivity contribution in [1.82, 2.24) is 10.3 Å². The van der Waals surface area contributed by atoms with E-state index in [1.807, 2.05) is 12.4 Å². The average Bonchev–Trinajstić information content (AvgIpc) is 2.37. The summed E-state index contributed by atoms with van der Waals surface area (Å²) in [7, 11) is 0. The molecule has 2 heteroatoms. The van der Waals surface area contributed by atoms with Crippen molar-refractivity contribution in [3.05, 3.63) is 48.3 Å². The van der Waals surface area contributed by atoms with Crippen molar-refractivity contribution < 1.29 is 0 Å². The smallest absolute Gasteiger partial charge is 0.0346 e. The van der Waals surface area contributed by atoms with Gasteiger partial charge in [0.1, 0.15) is 0 Å². The van der Waals surface area contributed by atoms with Gasteiger partial charge in [-0.05, 0) is 50.8 Å². The molecule has 0 atom stereocenters. The van der Waals surface area contributed by atoms with Crippen molar-refractivity contribution in [2.24, 2.45) is 0 Å². The molecule has 1 N–H and O–H groups in total. The maximum Gasteiger partial charge on any atom is 0.0346 e. The maximum atomic E-state index is 4.16. The van der Waals surface area contributed by atoms with Gasteiger partial charge < -0.3 is 5.32 Å². The van der Waals surface area contributed by atoms with E-state index in [1.165, 1.54) is 16.3 Å². The van der Waals surface area contributed by atoms with Crippen LogP contribution in [0.4, 0.5) is 0 Å². The van der Waals surface area contributed by atoms with Crippen molar-refractivity contribution in [2.45, 2.75) is 32.7 Å². The Balaban J connectivity index is 2.01. The van der Waals surface area contributed by atoms with Gasteiger partial charge in [-0.25, -0.2) is 0 Å². The van der Waals surface area contributed by atoms with Gasteiger partial charge in [0.15, 0.2) is 0 Å². The minimum Gasteiger partial charge on any atom is -0.312 e. The van der Waals surface area contributed by atoms with Crippen molar-refractivity contribution in [3.8, 4) is 0 Å². The number of hydrogen-bond donors (Lipinski definition) is 1. The minimum atomic E-state index is 0.193. The van der Waals surface area contributed by atoms with E-state index in [0.29, 0.717) is 0 Å². The molecular weight excluding hydrogens is 232 g/mol. The second-order valence-electron chi connectivity index (χ2n) is 5.81. The Hall–Kier alpha value is -1.67. The third-order valence-corrected chi connectivity index (χ3v) is 2.98. The average molecular weight is 254 g/mol. The van der Waals surface area contributed by atoms with Gasteiger partial charge in [0.2, 0.25) is 0 Å². The van der Waals surface area contributed by atoms with Crippen molar-refractivity contribution >= 4 is 16.8 Å². The van der Waals surface area contributed by atoms with E-state index in [2.05, 4.69) is 67.5 Å². The SMILES string of the molecule is CC(C)(C)NCCC=Cc1cccc2cnccc12. The first-order valence-electron chi connectivity index (χ1n) is 6.80. The summed E-state index contributed by atoms with van der Waals surface area (Å²) >= 11 is 0. The van der Waals surface area contributed by atoms with Crippen LogP contribution in [0.25, 0.3) is 16.8 Å². The highest BCUT2D eigenvalue weighted by molar-refractivity contribution is 5.89. The quantitative estimate of drug-likeness (QED) is 0.833. The Morgan fingerprint density at radius 2 is 2.05 bits per heavy atom. The van der Waals surface area contributed by atoms with Crippen LogP contribution in [0, 0.1) is 0 Å². The minimum absolute atomic E-state index is 0.193. The highest BCUT2D eigenvalue weighted by Crippen LogP contribution is 2.18. The lowest BCUT2D eigenvalue weighted by atomic mass is 10.1. The number of hydrogen-bond acceptors (Lipinski definition) is 2. The molecule has 0 saturated carbocycles. The van der Waals surface area contributed by atoms with Crippen molar-refractivity contribution in [2.75, 3.05) is 6.54 Å². The van der Waals surface area contributed by atoms with E-state index in [0.717, 1.165) is 13.0 Å². The van der Waals surface area contributed by atoms with Crippen molar-refractivity contribution in [1.29, 1.82) is 0 Å². The molecule has 0 fully saturated rings. The van der Waals surface area contributed by atoms with Crippen LogP contribution in [0.5, 0.6) is 0 Å². The van der Waals surface area contributed by atoms with Gasteiger partial charge in [-0.1, -0.05) is 30.4 Å². The molecule has 0 unspecified atom stereocenters. The molecule has 2 aromatic rings. The summed E-state index contributed by atoms with van der Waals surface area (Å²) in [5.41, 5.74) is 1.45. The molecule has 100 valence electrons. The summed E-state index contributed by atoms with van der Waals surface area (Å²) in [5.74, 6) is 0. The predicted molar refractivity (Wildman–Crippen MR) is 83.1 cm³/mol. The third kappa shape index (κ3) is 4.18. The van der Waals surface area contributed by atoms with E-state index in [9.17, 15) is 0 Å². The van der Waals surface area contributed by atoms with Crippen LogP contribution in [0.2, 0.25) is 0 Å². The zero-order valence-electron chi connectivity index (χ0n) is 12.0. The molecule has 0 amide bonds. The lowest BCUT2D eigenvalue weighted by molar-refractivity contribution is 0.431. The largest absolute Gasteiger partial charge is 0.312 e. The molecule has 1 aromatic heterocycles. The van der Waals surface area contributed by atoms with E-state index < -0.39 is 0 Å². The highest BCUT2D eigenvalue weighted by Gasteiger charge is 2.06. The van der Waals surface area contributed by atoms with Crippen LogP contribution in [-0.2, 0) is 0 Å². The van der Waals surface area contributed by atoms with Gasteiger partial charge in [-0.3, -0.25) is 4.98 Å². The topological polar surface area (TPSA) is 24.9 Å². The Morgan fingerprint density at radius 3 is 2.84 bits per heavy atom. The summed E-state index contributed by atoms with van der Waals surface area (Å²) in [6.45, 7) is 7.57. The first-order valence-corrected chi connectivity index (χ1v) is 6.80. The number of nitrogens with zero attached hydrogens (tertiary/aromatic N) is 1. The third-order valence-electron chi connectivity index (χ3n) is 2.98. The highest BCUT2D eigenvalue weighted by atomic mass is 14.9. The van der Waals surface area contributed by atoms with Gasteiger partial charge in [-0.15, -0.1) is 0 Å². The zero-order valence-corrected chi connectivity index (χ0v) is 12.0. The number of benzene rings is 1. The summed E-state index contributed by atoms with van der Waals surface area (Å²) in [6.07, 6.45) is 9.23. The van der Waals surface area contributed by atoms with Gasteiger partial charge in [-0.2, -0.15) is 0 Å². The van der Waals surface area contributed by atoms with E-state index in [-0.39, 0.29) is 5.54 Å². The molecule has 0 radical (unpaired) electrons. The van der Waals surface area contributed by atoms with Crippen molar-refractivity contribution in [3.63, 3.8) is 0 Å². The Labute approximate surface area is 115 Å². The molecule has 0 saturated heterocycles. The fourth-order valence-electron chi connectivity index (χ4n) is 2.03. The molecule has 0 bridgehead atoms. The molecule has 0 aliphatic heterocycles. The van der Waals surface area contributed by atoms with Gasteiger partial charge in [0.05, 0.1) is 0 Å². The molecular formula is C17H22N2. The summed E-state index contributed by atoms with van der Waals surface area (Å²) in [6, 6.07) is 8.40. The predicted octanol–water partition coefficient (Wildman–Crippen LogP) is 4.03. The van der Waals surface area contributed by atoms with Crippen LogP contribution >= 0.6 is 0 Å². The van der Waals surface area contributed by atoms with Crippen LogP contribution in [0.1, 0.15) is 32.8 Å². The van der Waals surface area contributed by atoms with Gasteiger partial charge in [0, 0.05) is 23.3 Å². The van der Waals surface area contributed by atoms with Crippen LogP contribution in [-0.4, -0.2) is 17.1 Å². The van der Waals surface area contributed by atoms with E-state index in [4.69, 9.17) is 0 Å². The molecule has 2 rings (SSSR count). The summed E-state index contributed by atoms with van der Waals surface area (Å²) < 4.78 is 0. The monoisotopic (exact) mass is 254 g/mol. The molecule has 0 aliphatic carbocycles. The number of aromatic nitrogens is 1. The molecule has 2 nitrogen and oxygen atoms in total. The zero-order chi connectivity index (χ0) is 13.7. The molecule has 1 heterocycles. The normalized spacial score (nSPS) is 12.4. The lowest BCUT2D eigenvalue weighted by Gasteiger charge is -2.19. The fourth-order valence-corrected chi connectivity index (χ4v) is 2.03. The first-order chi connectivity index (χ1) is 9.06.